The van der Waals surface area contributed by atoms with Crippen LogP contribution in [-0.2, 0) is 6.18 Å². The van der Waals surface area contributed by atoms with E-state index in [0.717, 1.165) is 30.3 Å². The van der Waals surface area contributed by atoms with Crippen molar-refractivity contribution < 1.29 is 26.9 Å². The lowest BCUT2D eigenvalue weighted by Crippen LogP contribution is -2.20. The second-order valence-electron chi connectivity index (χ2n) is 9.71. The lowest BCUT2D eigenvalue weighted by molar-refractivity contribution is -0.384. The topological polar surface area (TPSA) is 96.7 Å². The standard InChI is InChI=1S/C26H22F5N5O2/c1-25(2,3)13-32-23-19(36(37)38)12-11-18(33-23)22-21(14-7-9-15(27)10-8-14)34-24(35-22)20-16(26(29,30)31)5-4-6-17(20)28/h4-12H,13H2,1-3H3,(H,32,33)(H,34,35). The summed E-state index contributed by atoms with van der Waals surface area (Å²) in [6, 6.07) is 10.0. The second-order valence-corrected chi connectivity index (χ2v) is 9.71. The van der Waals surface area contributed by atoms with Crippen LogP contribution in [0.3, 0.4) is 0 Å². The number of nitro groups is 1. The molecule has 2 heterocycles. The molecule has 0 bridgehead atoms. The molecule has 0 spiro atoms. The first-order valence-corrected chi connectivity index (χ1v) is 11.4. The van der Waals surface area contributed by atoms with Gasteiger partial charge in [0, 0.05) is 18.2 Å². The van der Waals surface area contributed by atoms with Crippen molar-refractivity contribution >= 4 is 11.5 Å². The van der Waals surface area contributed by atoms with Gasteiger partial charge in [0.05, 0.1) is 33.1 Å². The first-order chi connectivity index (χ1) is 17.7. The molecule has 2 aromatic heterocycles. The van der Waals surface area contributed by atoms with Crippen molar-refractivity contribution in [3.63, 3.8) is 0 Å². The van der Waals surface area contributed by atoms with Crippen molar-refractivity contribution in [3.05, 3.63) is 81.9 Å². The molecule has 38 heavy (non-hydrogen) atoms. The predicted octanol–water partition coefficient (Wildman–Crippen LogP) is 7.47. The molecule has 0 aliphatic rings. The number of anilines is 1. The molecule has 0 fully saturated rings. The molecule has 12 heteroatoms. The highest BCUT2D eigenvalue weighted by Crippen LogP contribution is 2.40. The van der Waals surface area contributed by atoms with E-state index in [4.69, 9.17) is 0 Å². The van der Waals surface area contributed by atoms with E-state index in [9.17, 15) is 32.1 Å². The monoisotopic (exact) mass is 531 g/mol. The minimum Gasteiger partial charge on any atom is -0.364 e. The summed E-state index contributed by atoms with van der Waals surface area (Å²) in [6.07, 6.45) is -4.88. The van der Waals surface area contributed by atoms with E-state index < -0.39 is 39.7 Å². The number of aromatic amines is 1. The first-order valence-electron chi connectivity index (χ1n) is 11.4. The maximum Gasteiger partial charge on any atom is 0.417 e. The van der Waals surface area contributed by atoms with Crippen LogP contribution in [0.1, 0.15) is 26.3 Å². The number of benzene rings is 2. The molecule has 0 saturated carbocycles. The number of nitrogens with zero attached hydrogens (tertiary/aromatic N) is 3. The normalized spacial score (nSPS) is 12.0. The summed E-state index contributed by atoms with van der Waals surface area (Å²) >= 11 is 0. The third-order valence-corrected chi connectivity index (χ3v) is 5.49. The maximum atomic E-state index is 14.8. The minimum absolute atomic E-state index is 0.0551. The summed E-state index contributed by atoms with van der Waals surface area (Å²) in [7, 11) is 0. The summed E-state index contributed by atoms with van der Waals surface area (Å²) in [5.41, 5.74) is -2.10. The molecule has 0 aliphatic carbocycles. The molecule has 0 radical (unpaired) electrons. The number of alkyl halides is 3. The van der Waals surface area contributed by atoms with Gasteiger partial charge in [-0.25, -0.2) is 18.7 Å². The molecule has 4 rings (SSSR count). The number of halogens is 5. The Labute approximate surface area is 213 Å². The highest BCUT2D eigenvalue weighted by Gasteiger charge is 2.36. The van der Waals surface area contributed by atoms with Crippen molar-refractivity contribution in [3.8, 4) is 34.0 Å². The van der Waals surface area contributed by atoms with E-state index in [1.54, 1.807) is 0 Å². The number of nitrogens with one attached hydrogen (secondary N) is 2. The summed E-state index contributed by atoms with van der Waals surface area (Å²) in [6.45, 7) is 6.07. The molecular formula is C26H22F5N5O2. The van der Waals surface area contributed by atoms with E-state index in [1.165, 1.54) is 24.3 Å². The van der Waals surface area contributed by atoms with Crippen molar-refractivity contribution in [2.45, 2.75) is 26.9 Å². The average molecular weight is 531 g/mol. The lowest BCUT2D eigenvalue weighted by Gasteiger charge is -2.19. The summed E-state index contributed by atoms with van der Waals surface area (Å²) in [4.78, 5) is 22.3. The van der Waals surface area contributed by atoms with Crippen LogP contribution in [0.25, 0.3) is 34.0 Å². The highest BCUT2D eigenvalue weighted by atomic mass is 19.4. The third-order valence-electron chi connectivity index (χ3n) is 5.49. The first kappa shape index (κ1) is 26.7. The van der Waals surface area contributed by atoms with E-state index in [0.29, 0.717) is 12.1 Å². The highest BCUT2D eigenvalue weighted by molar-refractivity contribution is 5.81. The van der Waals surface area contributed by atoms with E-state index in [2.05, 4.69) is 20.3 Å². The zero-order valence-corrected chi connectivity index (χ0v) is 20.5. The number of H-pyrrole nitrogens is 1. The Hall–Kier alpha value is -4.35. The Bertz CT molecular complexity index is 1490. The fourth-order valence-electron chi connectivity index (χ4n) is 3.71. The van der Waals surface area contributed by atoms with Gasteiger partial charge in [-0.2, -0.15) is 13.2 Å². The van der Waals surface area contributed by atoms with Gasteiger partial charge in [0.25, 0.3) is 0 Å². The van der Waals surface area contributed by atoms with Gasteiger partial charge in [0.15, 0.2) is 0 Å². The number of rotatable bonds is 6. The Morgan fingerprint density at radius 3 is 2.26 bits per heavy atom. The van der Waals surface area contributed by atoms with Gasteiger partial charge in [-0.1, -0.05) is 26.8 Å². The minimum atomic E-state index is -4.88. The van der Waals surface area contributed by atoms with E-state index >= 15 is 0 Å². The van der Waals surface area contributed by atoms with Crippen LogP contribution in [0.5, 0.6) is 0 Å². The Balaban J connectivity index is 1.95. The number of hydrogen-bond donors (Lipinski definition) is 2. The van der Waals surface area contributed by atoms with Gasteiger partial charge < -0.3 is 10.3 Å². The molecule has 2 aromatic carbocycles. The largest absolute Gasteiger partial charge is 0.417 e. The number of pyridine rings is 1. The Morgan fingerprint density at radius 1 is 0.974 bits per heavy atom. The number of hydrogen-bond acceptors (Lipinski definition) is 5. The van der Waals surface area contributed by atoms with Crippen molar-refractivity contribution in [1.29, 1.82) is 0 Å². The maximum absolute atomic E-state index is 14.8. The Kier molecular flexibility index (Phi) is 6.92. The molecule has 2 N–H and O–H groups in total. The van der Waals surface area contributed by atoms with Crippen LogP contribution >= 0.6 is 0 Å². The predicted molar refractivity (Wildman–Crippen MR) is 132 cm³/mol. The summed E-state index contributed by atoms with van der Waals surface area (Å²) in [5.74, 6) is -2.21. The van der Waals surface area contributed by atoms with Crippen LogP contribution < -0.4 is 5.32 Å². The van der Waals surface area contributed by atoms with Gasteiger partial charge in [0.2, 0.25) is 5.82 Å². The number of aromatic nitrogens is 3. The zero-order chi connectivity index (χ0) is 27.8. The summed E-state index contributed by atoms with van der Waals surface area (Å²) < 4.78 is 69.6. The van der Waals surface area contributed by atoms with Crippen LogP contribution in [0.15, 0.2) is 54.6 Å². The van der Waals surface area contributed by atoms with Crippen LogP contribution in [0.4, 0.5) is 33.5 Å². The summed E-state index contributed by atoms with van der Waals surface area (Å²) in [5, 5.41) is 14.5. The molecule has 0 saturated heterocycles. The van der Waals surface area contributed by atoms with Gasteiger partial charge in [-0.15, -0.1) is 0 Å². The lowest BCUT2D eigenvalue weighted by atomic mass is 9.97. The third kappa shape index (κ3) is 5.63. The van der Waals surface area contributed by atoms with Gasteiger partial charge in [-0.05, 0) is 47.9 Å². The molecular weight excluding hydrogens is 509 g/mol. The van der Waals surface area contributed by atoms with Crippen molar-refractivity contribution in [2.24, 2.45) is 5.41 Å². The van der Waals surface area contributed by atoms with Crippen LogP contribution in [0, 0.1) is 27.2 Å². The van der Waals surface area contributed by atoms with Gasteiger partial charge in [-0.3, -0.25) is 10.1 Å². The van der Waals surface area contributed by atoms with Crippen molar-refractivity contribution in [1.82, 2.24) is 15.0 Å². The molecule has 198 valence electrons. The zero-order valence-electron chi connectivity index (χ0n) is 20.5. The van der Waals surface area contributed by atoms with E-state index in [1.807, 2.05) is 20.8 Å². The van der Waals surface area contributed by atoms with Crippen LogP contribution in [0.2, 0.25) is 0 Å². The van der Waals surface area contributed by atoms with E-state index in [-0.39, 0.29) is 34.0 Å². The average Bonchev–Trinajstić information content (AvgIpc) is 3.26. The molecule has 0 atom stereocenters. The second kappa shape index (κ2) is 9.84. The smallest absolute Gasteiger partial charge is 0.364 e. The van der Waals surface area contributed by atoms with Crippen molar-refractivity contribution in [2.75, 3.05) is 11.9 Å². The fourth-order valence-corrected chi connectivity index (χ4v) is 3.71. The molecule has 4 aromatic rings. The van der Waals surface area contributed by atoms with Gasteiger partial charge in [0.1, 0.15) is 17.5 Å². The SMILES string of the molecule is CC(C)(C)CNc1nc(-c2[nH]c(-c3c(F)cccc3C(F)(F)F)nc2-c2ccc(F)cc2)ccc1[N+](=O)[O-]. The number of imidazole rings is 1. The molecule has 7 nitrogen and oxygen atoms in total. The molecule has 0 unspecified atom stereocenters. The van der Waals surface area contributed by atoms with Gasteiger partial charge >= 0.3 is 11.9 Å². The molecule has 0 amide bonds. The fraction of sp³-hybridized carbons (Fsp3) is 0.231. The van der Waals surface area contributed by atoms with Crippen LogP contribution in [-0.4, -0.2) is 26.4 Å². The quantitative estimate of drug-likeness (QED) is 0.153. The molecule has 0 aliphatic heterocycles. The Morgan fingerprint density at radius 2 is 1.66 bits per heavy atom.